The monoisotopic (exact) mass is 404 g/mol. The summed E-state index contributed by atoms with van der Waals surface area (Å²) in [5.74, 6) is -0.923. The van der Waals surface area contributed by atoms with Crippen LogP contribution >= 0.6 is 0 Å². The SMILES string of the molecule is CN(C)Cc1c(C(=O)O)c2c(Cc3ccc[nH]3)c(O)c(-c3cccnc3)cc2n1C. The van der Waals surface area contributed by atoms with Crippen LogP contribution in [0.15, 0.2) is 48.9 Å². The Morgan fingerprint density at radius 2 is 2.07 bits per heavy atom. The van der Waals surface area contributed by atoms with E-state index in [-0.39, 0.29) is 11.3 Å². The molecule has 4 rings (SSSR count). The van der Waals surface area contributed by atoms with Crippen molar-refractivity contribution >= 4 is 16.9 Å². The largest absolute Gasteiger partial charge is 0.507 e. The van der Waals surface area contributed by atoms with Gasteiger partial charge in [0.25, 0.3) is 0 Å². The Balaban J connectivity index is 2.10. The highest BCUT2D eigenvalue weighted by Gasteiger charge is 2.27. The van der Waals surface area contributed by atoms with Gasteiger partial charge in [0.15, 0.2) is 0 Å². The Kier molecular flexibility index (Phi) is 5.05. The number of pyridine rings is 1. The van der Waals surface area contributed by atoms with Crippen molar-refractivity contribution in [1.82, 2.24) is 19.4 Å². The molecule has 30 heavy (non-hydrogen) atoms. The van der Waals surface area contributed by atoms with Gasteiger partial charge >= 0.3 is 5.97 Å². The summed E-state index contributed by atoms with van der Waals surface area (Å²) in [6.45, 7) is 0.470. The van der Waals surface area contributed by atoms with Crippen molar-refractivity contribution in [2.75, 3.05) is 14.1 Å². The summed E-state index contributed by atoms with van der Waals surface area (Å²) in [6, 6.07) is 9.36. The molecular weight excluding hydrogens is 380 g/mol. The number of fused-ring (bicyclic) bond motifs is 1. The van der Waals surface area contributed by atoms with Gasteiger partial charge in [-0.2, -0.15) is 0 Å². The van der Waals surface area contributed by atoms with Crippen molar-refractivity contribution in [3.05, 3.63) is 71.4 Å². The maximum absolute atomic E-state index is 12.3. The lowest BCUT2D eigenvalue weighted by Crippen LogP contribution is -2.16. The minimum absolute atomic E-state index is 0.0783. The number of benzene rings is 1. The molecule has 0 saturated heterocycles. The Bertz CT molecular complexity index is 1210. The van der Waals surface area contributed by atoms with Crippen LogP contribution in [0.1, 0.15) is 27.3 Å². The highest BCUT2D eigenvalue weighted by Crippen LogP contribution is 2.41. The average Bonchev–Trinajstić information content (AvgIpc) is 3.31. The van der Waals surface area contributed by atoms with Crippen LogP contribution in [0.2, 0.25) is 0 Å². The van der Waals surface area contributed by atoms with E-state index in [4.69, 9.17) is 0 Å². The van der Waals surface area contributed by atoms with Gasteiger partial charge in [-0.25, -0.2) is 4.79 Å². The van der Waals surface area contributed by atoms with E-state index in [9.17, 15) is 15.0 Å². The first-order valence-electron chi connectivity index (χ1n) is 9.65. The first-order chi connectivity index (χ1) is 14.4. The number of aromatic nitrogens is 3. The number of carboxylic acids is 1. The maximum Gasteiger partial charge on any atom is 0.338 e. The molecule has 7 nitrogen and oxygen atoms in total. The van der Waals surface area contributed by atoms with Gasteiger partial charge in [0, 0.05) is 72.1 Å². The lowest BCUT2D eigenvalue weighted by atomic mass is 9.94. The average molecular weight is 404 g/mol. The third kappa shape index (κ3) is 3.33. The zero-order chi connectivity index (χ0) is 21.4. The van der Waals surface area contributed by atoms with Crippen LogP contribution in [0.5, 0.6) is 5.75 Å². The summed E-state index contributed by atoms with van der Waals surface area (Å²) < 4.78 is 1.91. The molecule has 0 unspecified atom stereocenters. The quantitative estimate of drug-likeness (QED) is 0.456. The number of rotatable bonds is 6. The number of carbonyl (C=O) groups is 1. The smallest absolute Gasteiger partial charge is 0.338 e. The molecule has 1 aromatic carbocycles. The van der Waals surface area contributed by atoms with Crippen molar-refractivity contribution < 1.29 is 15.0 Å². The zero-order valence-electron chi connectivity index (χ0n) is 17.2. The number of phenols is 1. The van der Waals surface area contributed by atoms with Crippen molar-refractivity contribution in [2.45, 2.75) is 13.0 Å². The minimum Gasteiger partial charge on any atom is -0.507 e. The molecule has 0 bridgehead atoms. The number of nitrogens with one attached hydrogen (secondary N) is 1. The Morgan fingerprint density at radius 3 is 2.67 bits per heavy atom. The van der Waals surface area contributed by atoms with Crippen LogP contribution in [0.25, 0.3) is 22.0 Å². The zero-order valence-corrected chi connectivity index (χ0v) is 17.2. The van der Waals surface area contributed by atoms with Crippen molar-refractivity contribution in [3.63, 3.8) is 0 Å². The van der Waals surface area contributed by atoms with E-state index < -0.39 is 5.97 Å². The summed E-state index contributed by atoms with van der Waals surface area (Å²) in [5, 5.41) is 21.9. The normalized spacial score (nSPS) is 11.5. The van der Waals surface area contributed by atoms with Crippen LogP contribution in [-0.2, 0) is 20.0 Å². The number of carboxylic acid groups (broad SMARTS) is 1. The van der Waals surface area contributed by atoms with E-state index in [0.717, 1.165) is 16.8 Å². The molecule has 0 aliphatic rings. The van der Waals surface area contributed by atoms with E-state index in [1.54, 1.807) is 12.4 Å². The number of phenolic OH excluding ortho intramolecular Hbond substituents is 1. The van der Waals surface area contributed by atoms with Gasteiger partial charge < -0.3 is 24.7 Å². The molecule has 0 atom stereocenters. The van der Waals surface area contributed by atoms with E-state index in [1.807, 2.05) is 67.1 Å². The van der Waals surface area contributed by atoms with Crippen LogP contribution in [0, 0.1) is 0 Å². The predicted molar refractivity (Wildman–Crippen MR) is 116 cm³/mol. The van der Waals surface area contributed by atoms with Gasteiger partial charge in [-0.3, -0.25) is 4.98 Å². The van der Waals surface area contributed by atoms with E-state index in [1.165, 1.54) is 0 Å². The lowest BCUT2D eigenvalue weighted by molar-refractivity contribution is 0.0696. The lowest BCUT2D eigenvalue weighted by Gasteiger charge is -2.13. The van der Waals surface area contributed by atoms with Gasteiger partial charge in [-0.15, -0.1) is 0 Å². The predicted octanol–water partition coefficient (Wildman–Crippen LogP) is 3.62. The number of aryl methyl sites for hydroxylation is 1. The fourth-order valence-corrected chi connectivity index (χ4v) is 4.01. The standard InChI is InChI=1S/C23H24N4O3/c1-26(2)13-19-21(23(29)30)20-17(10-15-7-5-9-25-15)22(28)16(11-18(20)27(19)3)14-6-4-8-24-12-14/h4-9,11-12,25,28H,10,13H2,1-3H3,(H,29,30). The molecule has 0 spiro atoms. The molecule has 7 heteroatoms. The third-order valence-electron chi connectivity index (χ3n) is 5.37. The molecule has 0 fully saturated rings. The highest BCUT2D eigenvalue weighted by atomic mass is 16.4. The molecule has 0 radical (unpaired) electrons. The Hall–Kier alpha value is -3.58. The number of aromatic amines is 1. The first-order valence-corrected chi connectivity index (χ1v) is 9.65. The third-order valence-corrected chi connectivity index (χ3v) is 5.37. The maximum atomic E-state index is 12.3. The van der Waals surface area contributed by atoms with Gasteiger partial charge in [-0.05, 0) is 38.4 Å². The number of hydrogen-bond donors (Lipinski definition) is 3. The number of aromatic hydroxyl groups is 1. The Labute approximate surface area is 174 Å². The van der Waals surface area contributed by atoms with E-state index in [2.05, 4.69) is 9.97 Å². The van der Waals surface area contributed by atoms with Gasteiger partial charge in [0.2, 0.25) is 0 Å². The molecular formula is C23H24N4O3. The summed E-state index contributed by atoms with van der Waals surface area (Å²) >= 11 is 0. The van der Waals surface area contributed by atoms with Crippen LogP contribution in [0.4, 0.5) is 0 Å². The summed E-state index contributed by atoms with van der Waals surface area (Å²) in [5.41, 5.74) is 4.58. The summed E-state index contributed by atoms with van der Waals surface area (Å²) in [7, 11) is 5.68. The molecule has 0 amide bonds. The second-order valence-corrected chi connectivity index (χ2v) is 7.68. The molecule has 0 aliphatic heterocycles. The molecule has 0 aliphatic carbocycles. The van der Waals surface area contributed by atoms with E-state index >= 15 is 0 Å². The number of aromatic carboxylic acids is 1. The number of nitrogens with zero attached hydrogens (tertiary/aromatic N) is 3. The molecule has 4 aromatic rings. The van der Waals surface area contributed by atoms with Crippen LogP contribution < -0.4 is 0 Å². The molecule has 154 valence electrons. The minimum atomic E-state index is -1.00. The fourth-order valence-electron chi connectivity index (χ4n) is 4.01. The summed E-state index contributed by atoms with van der Waals surface area (Å²) in [6.07, 6.45) is 5.57. The fraction of sp³-hybridized carbons (Fsp3) is 0.217. The van der Waals surface area contributed by atoms with Gasteiger partial charge in [0.05, 0.1) is 11.1 Å². The van der Waals surface area contributed by atoms with Gasteiger partial charge in [-0.1, -0.05) is 6.07 Å². The Morgan fingerprint density at radius 1 is 1.27 bits per heavy atom. The molecule has 3 aromatic heterocycles. The topological polar surface area (TPSA) is 94.4 Å². The van der Waals surface area contributed by atoms with Gasteiger partial charge in [0.1, 0.15) is 5.75 Å². The second-order valence-electron chi connectivity index (χ2n) is 7.68. The number of hydrogen-bond acceptors (Lipinski definition) is 4. The van der Waals surface area contributed by atoms with Crippen molar-refractivity contribution in [3.8, 4) is 16.9 Å². The van der Waals surface area contributed by atoms with Crippen LogP contribution in [-0.4, -0.2) is 49.7 Å². The van der Waals surface area contributed by atoms with Crippen molar-refractivity contribution in [2.24, 2.45) is 7.05 Å². The first kappa shape index (κ1) is 19.7. The van der Waals surface area contributed by atoms with E-state index in [0.29, 0.717) is 35.2 Å². The highest BCUT2D eigenvalue weighted by molar-refractivity contribution is 6.08. The summed E-state index contributed by atoms with van der Waals surface area (Å²) in [4.78, 5) is 21.6. The second kappa shape index (κ2) is 7.68. The molecule has 0 saturated carbocycles. The van der Waals surface area contributed by atoms with Crippen LogP contribution in [0.3, 0.4) is 0 Å². The number of H-pyrrole nitrogens is 1. The molecule has 3 heterocycles. The van der Waals surface area contributed by atoms with Crippen molar-refractivity contribution in [1.29, 1.82) is 0 Å². The molecule has 3 N–H and O–H groups in total.